The van der Waals surface area contributed by atoms with Crippen molar-refractivity contribution >= 4 is 11.9 Å². The molecular formula is C14H14F3NO4. The third-order valence-corrected chi connectivity index (χ3v) is 3.37. The number of carbonyl (C=O) groups is 2. The van der Waals surface area contributed by atoms with E-state index in [1.165, 1.54) is 17.0 Å². The van der Waals surface area contributed by atoms with E-state index in [1.54, 1.807) is 0 Å². The van der Waals surface area contributed by atoms with Gasteiger partial charge in [0.1, 0.15) is 0 Å². The zero-order chi connectivity index (χ0) is 16.3. The number of carbonyl (C=O) groups excluding carboxylic acids is 1. The van der Waals surface area contributed by atoms with Crippen molar-refractivity contribution in [3.05, 3.63) is 35.4 Å². The van der Waals surface area contributed by atoms with Crippen molar-refractivity contribution < 1.29 is 32.6 Å². The van der Waals surface area contributed by atoms with Gasteiger partial charge in [0.05, 0.1) is 25.2 Å². The van der Waals surface area contributed by atoms with E-state index in [0.29, 0.717) is 5.56 Å². The van der Waals surface area contributed by atoms with Crippen molar-refractivity contribution in [3.8, 4) is 0 Å². The number of ether oxygens (including phenoxy) is 1. The SMILES string of the molecule is O=C(O)[C@H]1COCCN1C(=O)Cc1ccc(C(F)(F)F)cc1. The van der Waals surface area contributed by atoms with Crippen LogP contribution in [-0.2, 0) is 26.9 Å². The molecule has 1 N–H and O–H groups in total. The first-order valence-electron chi connectivity index (χ1n) is 6.55. The van der Waals surface area contributed by atoms with Crippen molar-refractivity contribution in [2.75, 3.05) is 19.8 Å². The predicted octanol–water partition coefficient (Wildman–Crippen LogP) is 1.56. The van der Waals surface area contributed by atoms with Crippen LogP contribution in [0.1, 0.15) is 11.1 Å². The molecule has 0 bridgehead atoms. The molecule has 22 heavy (non-hydrogen) atoms. The molecule has 1 aliphatic rings. The van der Waals surface area contributed by atoms with Gasteiger partial charge in [0, 0.05) is 6.54 Å². The summed E-state index contributed by atoms with van der Waals surface area (Å²) in [5, 5.41) is 9.05. The Balaban J connectivity index is 2.06. The van der Waals surface area contributed by atoms with Gasteiger partial charge in [-0.1, -0.05) is 12.1 Å². The number of hydrogen-bond acceptors (Lipinski definition) is 3. The van der Waals surface area contributed by atoms with Gasteiger partial charge < -0.3 is 14.7 Å². The molecule has 1 atom stereocenters. The molecule has 1 aromatic rings. The summed E-state index contributed by atoms with van der Waals surface area (Å²) in [4.78, 5) is 24.4. The molecule has 1 fully saturated rings. The predicted molar refractivity (Wildman–Crippen MR) is 69.1 cm³/mol. The highest BCUT2D eigenvalue weighted by Gasteiger charge is 2.33. The van der Waals surface area contributed by atoms with Gasteiger partial charge in [-0.25, -0.2) is 4.79 Å². The van der Waals surface area contributed by atoms with Crippen molar-refractivity contribution in [3.63, 3.8) is 0 Å². The van der Waals surface area contributed by atoms with Crippen LogP contribution in [0.5, 0.6) is 0 Å². The zero-order valence-corrected chi connectivity index (χ0v) is 11.5. The van der Waals surface area contributed by atoms with Gasteiger partial charge in [0.25, 0.3) is 0 Å². The highest BCUT2D eigenvalue weighted by Crippen LogP contribution is 2.29. The van der Waals surface area contributed by atoms with E-state index in [9.17, 15) is 22.8 Å². The highest BCUT2D eigenvalue weighted by atomic mass is 19.4. The maximum atomic E-state index is 12.5. The van der Waals surface area contributed by atoms with Gasteiger partial charge in [-0.05, 0) is 17.7 Å². The number of hydrogen-bond donors (Lipinski definition) is 1. The molecule has 1 amide bonds. The first kappa shape index (κ1) is 16.3. The van der Waals surface area contributed by atoms with Crippen LogP contribution in [0.2, 0.25) is 0 Å². The van der Waals surface area contributed by atoms with E-state index in [-0.39, 0.29) is 26.2 Å². The van der Waals surface area contributed by atoms with E-state index in [2.05, 4.69) is 0 Å². The van der Waals surface area contributed by atoms with Crippen LogP contribution in [0.4, 0.5) is 13.2 Å². The second-order valence-corrected chi connectivity index (χ2v) is 4.89. The topological polar surface area (TPSA) is 66.8 Å². The summed E-state index contributed by atoms with van der Waals surface area (Å²) in [6.07, 6.45) is -4.58. The molecule has 120 valence electrons. The van der Waals surface area contributed by atoms with E-state index in [4.69, 9.17) is 9.84 Å². The minimum absolute atomic E-state index is 0.0892. The maximum Gasteiger partial charge on any atom is 0.416 e. The summed E-state index contributed by atoms with van der Waals surface area (Å²) in [6.45, 7) is 0.299. The Morgan fingerprint density at radius 1 is 1.27 bits per heavy atom. The lowest BCUT2D eigenvalue weighted by atomic mass is 10.1. The van der Waals surface area contributed by atoms with E-state index in [1.807, 2.05) is 0 Å². The number of nitrogens with zero attached hydrogens (tertiary/aromatic N) is 1. The van der Waals surface area contributed by atoms with Crippen LogP contribution in [0.15, 0.2) is 24.3 Å². The number of aliphatic carboxylic acids is 1. The van der Waals surface area contributed by atoms with Crippen LogP contribution in [0.25, 0.3) is 0 Å². The Kier molecular flexibility index (Phi) is 4.70. The fourth-order valence-electron chi connectivity index (χ4n) is 2.19. The minimum atomic E-state index is -4.43. The van der Waals surface area contributed by atoms with Crippen LogP contribution in [-0.4, -0.2) is 47.7 Å². The Labute approximate surface area is 124 Å². The molecule has 1 saturated heterocycles. The molecule has 0 aliphatic carbocycles. The van der Waals surface area contributed by atoms with Crippen LogP contribution < -0.4 is 0 Å². The monoisotopic (exact) mass is 317 g/mol. The molecule has 0 radical (unpaired) electrons. The average molecular weight is 317 g/mol. The smallest absolute Gasteiger partial charge is 0.416 e. The van der Waals surface area contributed by atoms with E-state index < -0.39 is 29.7 Å². The third-order valence-electron chi connectivity index (χ3n) is 3.37. The first-order valence-corrected chi connectivity index (χ1v) is 6.55. The number of carboxylic acids is 1. The standard InChI is InChI=1S/C14H14F3NO4/c15-14(16,17)10-3-1-9(2-4-10)7-12(19)18-5-6-22-8-11(18)13(20)21/h1-4,11H,5-8H2,(H,20,21)/t11-/m1/s1. The number of halogens is 3. The number of morpholine rings is 1. The van der Waals surface area contributed by atoms with Crippen molar-refractivity contribution in [1.29, 1.82) is 0 Å². The molecule has 5 nitrogen and oxygen atoms in total. The molecule has 2 rings (SSSR count). The molecule has 8 heteroatoms. The van der Waals surface area contributed by atoms with Gasteiger partial charge in [-0.2, -0.15) is 13.2 Å². The van der Waals surface area contributed by atoms with Crippen LogP contribution in [0.3, 0.4) is 0 Å². The third kappa shape index (κ3) is 3.76. The van der Waals surface area contributed by atoms with Gasteiger partial charge in [-0.3, -0.25) is 4.79 Å². The summed E-state index contributed by atoms with van der Waals surface area (Å²) >= 11 is 0. The summed E-state index contributed by atoms with van der Waals surface area (Å²) in [5.74, 6) is -1.61. The quantitative estimate of drug-likeness (QED) is 0.919. The van der Waals surface area contributed by atoms with Gasteiger partial charge in [0.2, 0.25) is 5.91 Å². The Morgan fingerprint density at radius 2 is 1.91 bits per heavy atom. The molecule has 0 unspecified atom stereocenters. The second-order valence-electron chi connectivity index (χ2n) is 4.89. The van der Waals surface area contributed by atoms with Gasteiger partial charge in [-0.15, -0.1) is 0 Å². The molecule has 1 heterocycles. The fraction of sp³-hybridized carbons (Fsp3) is 0.429. The van der Waals surface area contributed by atoms with Gasteiger partial charge in [0.15, 0.2) is 6.04 Å². The molecular weight excluding hydrogens is 303 g/mol. The second kappa shape index (κ2) is 6.35. The Morgan fingerprint density at radius 3 is 2.45 bits per heavy atom. The Hall–Kier alpha value is -2.09. The zero-order valence-electron chi connectivity index (χ0n) is 11.5. The molecule has 1 aromatic carbocycles. The molecule has 1 aliphatic heterocycles. The summed E-state index contributed by atoms with van der Waals surface area (Å²) in [7, 11) is 0. The fourth-order valence-corrected chi connectivity index (χ4v) is 2.19. The number of carboxylic acid groups (broad SMARTS) is 1. The molecule has 0 aromatic heterocycles. The summed E-state index contributed by atoms with van der Waals surface area (Å²) in [6, 6.07) is 3.18. The largest absolute Gasteiger partial charge is 0.480 e. The van der Waals surface area contributed by atoms with E-state index >= 15 is 0 Å². The molecule has 0 spiro atoms. The van der Waals surface area contributed by atoms with Gasteiger partial charge >= 0.3 is 12.1 Å². The number of rotatable bonds is 3. The first-order chi connectivity index (χ1) is 10.3. The normalized spacial score (nSPS) is 19.0. The van der Waals surface area contributed by atoms with Crippen molar-refractivity contribution in [2.45, 2.75) is 18.6 Å². The summed E-state index contributed by atoms with van der Waals surface area (Å²) in [5.41, 5.74) is -0.396. The number of amides is 1. The van der Waals surface area contributed by atoms with Crippen molar-refractivity contribution in [1.82, 2.24) is 4.90 Å². The highest BCUT2D eigenvalue weighted by molar-refractivity contribution is 5.85. The van der Waals surface area contributed by atoms with Crippen molar-refractivity contribution in [2.24, 2.45) is 0 Å². The lowest BCUT2D eigenvalue weighted by Crippen LogP contribution is -2.53. The summed E-state index contributed by atoms with van der Waals surface area (Å²) < 4.78 is 42.4. The lowest BCUT2D eigenvalue weighted by Gasteiger charge is -2.32. The molecule has 0 saturated carbocycles. The average Bonchev–Trinajstić information content (AvgIpc) is 2.46. The lowest BCUT2D eigenvalue weighted by molar-refractivity contribution is -0.158. The number of alkyl halides is 3. The Bertz CT molecular complexity index is 556. The van der Waals surface area contributed by atoms with Crippen LogP contribution in [0, 0.1) is 0 Å². The maximum absolute atomic E-state index is 12.5. The van der Waals surface area contributed by atoms with E-state index in [0.717, 1.165) is 12.1 Å². The number of benzene rings is 1. The van der Waals surface area contributed by atoms with Crippen LogP contribution >= 0.6 is 0 Å². The minimum Gasteiger partial charge on any atom is -0.480 e.